The predicted molar refractivity (Wildman–Crippen MR) is 128 cm³/mol. The van der Waals surface area contributed by atoms with Crippen LogP contribution in [0.3, 0.4) is 0 Å². The molecule has 2 saturated heterocycles. The first-order valence-electron chi connectivity index (χ1n) is 11.8. The minimum atomic E-state index is -3.81. The Morgan fingerprint density at radius 1 is 1.21 bits per heavy atom. The molecular formula is C22H36N4O5S2. The van der Waals surface area contributed by atoms with E-state index in [4.69, 9.17) is 9.88 Å². The Hall–Kier alpha value is -1.24. The van der Waals surface area contributed by atoms with Crippen molar-refractivity contribution >= 4 is 20.2 Å². The van der Waals surface area contributed by atoms with E-state index in [0.717, 1.165) is 44.5 Å². The molecule has 186 valence electrons. The van der Waals surface area contributed by atoms with Crippen LogP contribution in [0.4, 0.5) is 0 Å². The van der Waals surface area contributed by atoms with Crippen molar-refractivity contribution in [2.45, 2.75) is 64.1 Å². The minimum absolute atomic E-state index is 0.0184. The van der Waals surface area contributed by atoms with Gasteiger partial charge in [-0.15, -0.1) is 0 Å². The zero-order valence-electron chi connectivity index (χ0n) is 19.4. The maximum Gasteiger partial charge on any atom is 0.274 e. The predicted octanol–water partition coefficient (Wildman–Crippen LogP) is 1.37. The molecule has 0 radical (unpaired) electrons. The third-order valence-corrected chi connectivity index (χ3v) is 9.57. The summed E-state index contributed by atoms with van der Waals surface area (Å²) in [4.78, 5) is 2.53. The van der Waals surface area contributed by atoms with Gasteiger partial charge in [-0.25, -0.2) is 18.3 Å². The highest BCUT2D eigenvalue weighted by Crippen LogP contribution is 2.44. The standard InChI is InChI=1S/C22H36N4O5S2/c1-16(2)31-19-6-7-20-17(13-19)8-11-25-15-18-5-3-10-26(21(18)14-22(20)25)32(27,28)12-4-9-24-33(23,29)30/h6-7,13,16,18,21-22,24H,3-5,8-12,14-15H2,1-2H3,(H2,23,29,30)/t18-,21+,22+/m1/s1. The van der Waals surface area contributed by atoms with Gasteiger partial charge in [-0.1, -0.05) is 6.07 Å². The van der Waals surface area contributed by atoms with E-state index >= 15 is 0 Å². The molecule has 0 amide bonds. The van der Waals surface area contributed by atoms with Crippen molar-refractivity contribution in [2.75, 3.05) is 31.9 Å². The lowest BCUT2D eigenvalue weighted by atomic mass is 9.77. The van der Waals surface area contributed by atoms with Crippen molar-refractivity contribution in [3.05, 3.63) is 29.3 Å². The van der Waals surface area contributed by atoms with E-state index < -0.39 is 20.2 Å². The van der Waals surface area contributed by atoms with E-state index in [1.165, 1.54) is 11.1 Å². The fourth-order valence-corrected chi connectivity index (χ4v) is 7.92. The van der Waals surface area contributed by atoms with Gasteiger partial charge in [-0.2, -0.15) is 12.7 Å². The molecule has 1 aromatic rings. The van der Waals surface area contributed by atoms with Crippen LogP contribution in [0.1, 0.15) is 56.7 Å². The fourth-order valence-electron chi connectivity index (χ4n) is 5.67. The molecule has 0 unspecified atom stereocenters. The van der Waals surface area contributed by atoms with Gasteiger partial charge in [0.1, 0.15) is 5.75 Å². The zero-order chi connectivity index (χ0) is 23.8. The van der Waals surface area contributed by atoms with E-state index in [1.807, 2.05) is 19.9 Å². The Morgan fingerprint density at radius 2 is 2.00 bits per heavy atom. The molecule has 3 aliphatic heterocycles. The third-order valence-electron chi connectivity index (χ3n) is 7.00. The van der Waals surface area contributed by atoms with E-state index in [-0.39, 0.29) is 36.9 Å². The molecule has 11 heteroatoms. The van der Waals surface area contributed by atoms with Gasteiger partial charge in [0.05, 0.1) is 11.9 Å². The molecule has 33 heavy (non-hydrogen) atoms. The Balaban J connectivity index is 1.49. The van der Waals surface area contributed by atoms with Crippen molar-refractivity contribution < 1.29 is 21.6 Å². The topological polar surface area (TPSA) is 122 Å². The summed E-state index contributed by atoms with van der Waals surface area (Å²) in [5, 5.41) is 4.94. The smallest absolute Gasteiger partial charge is 0.274 e. The van der Waals surface area contributed by atoms with E-state index in [1.54, 1.807) is 4.31 Å². The van der Waals surface area contributed by atoms with Crippen LogP contribution in [0.25, 0.3) is 0 Å². The Bertz CT molecular complexity index is 1060. The molecule has 0 spiro atoms. The summed E-state index contributed by atoms with van der Waals surface area (Å²) >= 11 is 0. The fraction of sp³-hybridized carbons (Fsp3) is 0.727. The van der Waals surface area contributed by atoms with E-state index in [9.17, 15) is 16.8 Å². The lowest BCUT2D eigenvalue weighted by Crippen LogP contribution is -2.57. The molecule has 3 heterocycles. The van der Waals surface area contributed by atoms with E-state index in [0.29, 0.717) is 12.5 Å². The largest absolute Gasteiger partial charge is 0.491 e. The van der Waals surface area contributed by atoms with Gasteiger partial charge in [0.2, 0.25) is 10.0 Å². The van der Waals surface area contributed by atoms with Crippen LogP contribution >= 0.6 is 0 Å². The van der Waals surface area contributed by atoms with Crippen LogP contribution in [0.2, 0.25) is 0 Å². The number of benzene rings is 1. The number of nitrogens with two attached hydrogens (primary N) is 1. The Labute approximate surface area is 197 Å². The number of nitrogens with zero attached hydrogens (tertiary/aromatic N) is 2. The minimum Gasteiger partial charge on any atom is -0.491 e. The maximum atomic E-state index is 13.2. The lowest BCUT2D eigenvalue weighted by molar-refractivity contribution is 0.0219. The molecule has 3 atom stereocenters. The number of rotatable bonds is 8. The highest BCUT2D eigenvalue weighted by atomic mass is 32.2. The second kappa shape index (κ2) is 9.79. The molecule has 0 aliphatic carbocycles. The number of sulfonamides is 1. The maximum absolute atomic E-state index is 13.2. The molecule has 0 saturated carbocycles. The second-order valence-electron chi connectivity index (χ2n) is 9.71. The first kappa shape index (κ1) is 24.9. The first-order chi connectivity index (χ1) is 15.5. The number of nitrogens with one attached hydrogen (secondary N) is 1. The van der Waals surface area contributed by atoms with Gasteiger partial charge < -0.3 is 4.74 Å². The Kier molecular flexibility index (Phi) is 7.38. The van der Waals surface area contributed by atoms with Crippen molar-refractivity contribution in [2.24, 2.45) is 11.1 Å². The van der Waals surface area contributed by atoms with Crippen LogP contribution in [0, 0.1) is 5.92 Å². The van der Waals surface area contributed by atoms with Crippen molar-refractivity contribution in [1.82, 2.24) is 13.9 Å². The molecule has 0 bridgehead atoms. The van der Waals surface area contributed by atoms with Crippen LogP contribution in [-0.2, 0) is 26.7 Å². The lowest BCUT2D eigenvalue weighted by Gasteiger charge is -2.51. The Morgan fingerprint density at radius 3 is 2.73 bits per heavy atom. The van der Waals surface area contributed by atoms with Gasteiger partial charge in [-0.3, -0.25) is 4.90 Å². The van der Waals surface area contributed by atoms with Crippen molar-refractivity contribution in [3.63, 3.8) is 0 Å². The van der Waals surface area contributed by atoms with Crippen molar-refractivity contribution in [3.8, 4) is 5.75 Å². The van der Waals surface area contributed by atoms with Crippen molar-refractivity contribution in [1.29, 1.82) is 0 Å². The summed E-state index contributed by atoms with van der Waals surface area (Å²) in [5.74, 6) is 1.14. The second-order valence-corrected chi connectivity index (χ2v) is 13.1. The third kappa shape index (κ3) is 5.88. The summed E-state index contributed by atoms with van der Waals surface area (Å²) in [5.41, 5.74) is 2.59. The molecule has 1 aromatic carbocycles. The van der Waals surface area contributed by atoms with Gasteiger partial charge >= 0.3 is 0 Å². The average molecular weight is 501 g/mol. The summed E-state index contributed by atoms with van der Waals surface area (Å²) in [6.07, 6.45) is 4.00. The number of hydrogen-bond donors (Lipinski definition) is 2. The molecular weight excluding hydrogens is 464 g/mol. The normalized spacial score (nSPS) is 26.5. The average Bonchev–Trinajstić information content (AvgIpc) is 2.73. The van der Waals surface area contributed by atoms with Crippen LogP contribution in [-0.4, -0.2) is 70.1 Å². The van der Waals surface area contributed by atoms with Gasteiger partial charge in [0.15, 0.2) is 0 Å². The zero-order valence-corrected chi connectivity index (χ0v) is 21.1. The first-order valence-corrected chi connectivity index (χ1v) is 15.0. The summed E-state index contributed by atoms with van der Waals surface area (Å²) < 4.78 is 58.3. The van der Waals surface area contributed by atoms with E-state index in [2.05, 4.69) is 21.8 Å². The highest BCUT2D eigenvalue weighted by molar-refractivity contribution is 7.89. The number of hydrogen-bond acceptors (Lipinski definition) is 6. The number of piperidine rings is 2. The molecule has 2 fully saturated rings. The number of fused-ring (bicyclic) bond motifs is 4. The summed E-state index contributed by atoms with van der Waals surface area (Å²) in [6.45, 7) is 6.49. The quantitative estimate of drug-likeness (QED) is 0.520. The summed E-state index contributed by atoms with van der Waals surface area (Å²) in [7, 11) is -7.30. The number of ether oxygens (including phenoxy) is 1. The van der Waals surface area contributed by atoms with Crippen LogP contribution in [0.15, 0.2) is 18.2 Å². The van der Waals surface area contributed by atoms with Crippen LogP contribution < -0.4 is 14.6 Å². The molecule has 3 aliphatic rings. The summed E-state index contributed by atoms with van der Waals surface area (Å²) in [6, 6.07) is 6.52. The highest BCUT2D eigenvalue weighted by Gasteiger charge is 2.45. The molecule has 4 rings (SSSR count). The molecule has 3 N–H and O–H groups in total. The van der Waals surface area contributed by atoms with Crippen LogP contribution in [0.5, 0.6) is 5.75 Å². The van der Waals surface area contributed by atoms with Gasteiger partial charge in [0, 0.05) is 38.3 Å². The molecule has 9 nitrogen and oxygen atoms in total. The van der Waals surface area contributed by atoms with Gasteiger partial charge in [0.25, 0.3) is 10.2 Å². The monoisotopic (exact) mass is 500 g/mol. The molecule has 0 aromatic heterocycles. The van der Waals surface area contributed by atoms with Gasteiger partial charge in [-0.05, 0) is 75.1 Å². The SMILES string of the molecule is CC(C)Oc1ccc2c(c1)CCN1C[C@H]3CCCN(S(=O)(=O)CCCNS(N)(=O)=O)[C@H]3C[C@@H]21.